The number of nitrogens with one attached hydrogen (secondary N) is 1. The lowest BCUT2D eigenvalue weighted by molar-refractivity contribution is 0.0953. The number of hydrogen-bond acceptors (Lipinski definition) is 1. The van der Waals surface area contributed by atoms with Gasteiger partial charge in [-0.15, -0.1) is 0 Å². The summed E-state index contributed by atoms with van der Waals surface area (Å²) in [4.78, 5) is 11.9. The summed E-state index contributed by atoms with van der Waals surface area (Å²) in [7, 11) is 0. The van der Waals surface area contributed by atoms with Crippen molar-refractivity contribution in [3.8, 4) is 0 Å². The lowest BCUT2D eigenvalue weighted by Gasteiger charge is -2.06. The molecule has 0 spiro atoms. The van der Waals surface area contributed by atoms with Gasteiger partial charge in [-0.25, -0.2) is 0 Å². The molecule has 0 aromatic heterocycles. The molecule has 0 aliphatic carbocycles. The zero-order chi connectivity index (χ0) is 14.1. The van der Waals surface area contributed by atoms with Crippen LogP contribution in [0.4, 0.5) is 0 Å². The molecule has 1 amide bonds. The van der Waals surface area contributed by atoms with E-state index in [1.54, 1.807) is 0 Å². The maximum atomic E-state index is 11.9. The van der Waals surface area contributed by atoms with Gasteiger partial charge in [-0.1, -0.05) is 45.6 Å². The predicted octanol–water partition coefficient (Wildman–Crippen LogP) is 4.63. The number of rotatable bonds is 8. The van der Waals surface area contributed by atoms with Crippen molar-refractivity contribution in [1.82, 2.24) is 5.32 Å². The Morgan fingerprint density at radius 2 is 1.95 bits per heavy atom. The number of carbonyl (C=O) groups excluding carboxylic acids is 1. The van der Waals surface area contributed by atoms with E-state index in [4.69, 9.17) is 0 Å². The lowest BCUT2D eigenvalue weighted by atomic mass is 10.0. The number of unbranched alkanes of at least 4 members (excludes halogenated alkanes) is 3. The Hall–Kier alpha value is -0.580. The molecule has 1 aromatic carbocycles. The van der Waals surface area contributed by atoms with E-state index < -0.39 is 0 Å². The minimum absolute atomic E-state index is 0.0423. The fourth-order valence-electron chi connectivity index (χ4n) is 1.96. The molecular formula is C16H24INO. The maximum absolute atomic E-state index is 11.9. The van der Waals surface area contributed by atoms with Crippen molar-refractivity contribution >= 4 is 28.5 Å². The third kappa shape index (κ3) is 7.55. The van der Waals surface area contributed by atoms with E-state index in [-0.39, 0.29) is 5.91 Å². The van der Waals surface area contributed by atoms with E-state index in [2.05, 4.69) is 41.8 Å². The summed E-state index contributed by atoms with van der Waals surface area (Å²) in [6.45, 7) is 5.31. The molecule has 0 aliphatic heterocycles. The Labute approximate surface area is 130 Å². The van der Waals surface area contributed by atoms with Gasteiger partial charge in [0.15, 0.2) is 0 Å². The third-order valence-corrected chi connectivity index (χ3v) is 3.75. The number of amides is 1. The van der Waals surface area contributed by atoms with Crippen LogP contribution in [0.1, 0.15) is 56.3 Å². The first-order valence-electron chi connectivity index (χ1n) is 7.13. The van der Waals surface area contributed by atoms with Gasteiger partial charge in [0.2, 0.25) is 0 Å². The lowest BCUT2D eigenvalue weighted by Crippen LogP contribution is -2.24. The number of benzene rings is 1. The van der Waals surface area contributed by atoms with Crippen LogP contribution < -0.4 is 5.32 Å². The van der Waals surface area contributed by atoms with E-state index in [0.717, 1.165) is 28.0 Å². The molecule has 0 saturated heterocycles. The Morgan fingerprint density at radius 1 is 1.21 bits per heavy atom. The first-order valence-corrected chi connectivity index (χ1v) is 8.21. The van der Waals surface area contributed by atoms with E-state index in [9.17, 15) is 4.79 Å². The fraction of sp³-hybridized carbons (Fsp3) is 0.562. The van der Waals surface area contributed by atoms with E-state index in [1.165, 1.54) is 25.7 Å². The SMILES string of the molecule is CC(C)CCCCCCNC(=O)c1cccc(I)c1. The highest BCUT2D eigenvalue weighted by Gasteiger charge is 2.04. The van der Waals surface area contributed by atoms with Gasteiger partial charge in [0.05, 0.1) is 0 Å². The van der Waals surface area contributed by atoms with Crippen molar-refractivity contribution < 1.29 is 4.79 Å². The Kier molecular flexibility index (Phi) is 8.10. The van der Waals surface area contributed by atoms with Crippen LogP contribution in [-0.4, -0.2) is 12.5 Å². The van der Waals surface area contributed by atoms with E-state index in [1.807, 2.05) is 24.3 Å². The quantitative estimate of drug-likeness (QED) is 0.523. The molecule has 0 heterocycles. The van der Waals surface area contributed by atoms with Crippen molar-refractivity contribution in [2.45, 2.75) is 46.0 Å². The summed E-state index contributed by atoms with van der Waals surface area (Å²) in [6.07, 6.45) is 6.18. The fourth-order valence-corrected chi connectivity index (χ4v) is 2.51. The zero-order valence-electron chi connectivity index (χ0n) is 11.9. The Bertz CT molecular complexity index is 390. The van der Waals surface area contributed by atoms with Gasteiger partial charge in [0.1, 0.15) is 0 Å². The molecule has 106 valence electrons. The van der Waals surface area contributed by atoms with Gasteiger partial charge in [-0.3, -0.25) is 4.79 Å². The molecule has 0 unspecified atom stereocenters. The van der Waals surface area contributed by atoms with Crippen LogP contribution >= 0.6 is 22.6 Å². The average molecular weight is 373 g/mol. The summed E-state index contributed by atoms with van der Waals surface area (Å²) in [6, 6.07) is 7.69. The molecule has 0 atom stereocenters. The van der Waals surface area contributed by atoms with E-state index in [0.29, 0.717) is 0 Å². The summed E-state index contributed by atoms with van der Waals surface area (Å²) in [5.41, 5.74) is 0.756. The van der Waals surface area contributed by atoms with Crippen LogP contribution in [0.15, 0.2) is 24.3 Å². The van der Waals surface area contributed by atoms with Crippen molar-refractivity contribution in [1.29, 1.82) is 0 Å². The van der Waals surface area contributed by atoms with Crippen LogP contribution in [0.2, 0.25) is 0 Å². The number of halogens is 1. The van der Waals surface area contributed by atoms with Gasteiger partial charge < -0.3 is 5.32 Å². The molecule has 0 bridgehead atoms. The second-order valence-electron chi connectivity index (χ2n) is 5.36. The molecule has 1 aromatic rings. The molecule has 0 saturated carbocycles. The first kappa shape index (κ1) is 16.5. The molecule has 1 N–H and O–H groups in total. The Morgan fingerprint density at radius 3 is 2.63 bits per heavy atom. The first-order chi connectivity index (χ1) is 9.09. The number of carbonyl (C=O) groups is 1. The van der Waals surface area contributed by atoms with Gasteiger partial charge in [0.25, 0.3) is 5.91 Å². The van der Waals surface area contributed by atoms with Gasteiger partial charge >= 0.3 is 0 Å². The summed E-state index contributed by atoms with van der Waals surface area (Å²) >= 11 is 2.22. The molecule has 1 rings (SSSR count). The number of hydrogen-bond donors (Lipinski definition) is 1. The second-order valence-corrected chi connectivity index (χ2v) is 6.61. The van der Waals surface area contributed by atoms with Crippen LogP contribution in [-0.2, 0) is 0 Å². The largest absolute Gasteiger partial charge is 0.352 e. The van der Waals surface area contributed by atoms with E-state index >= 15 is 0 Å². The zero-order valence-corrected chi connectivity index (χ0v) is 14.1. The van der Waals surface area contributed by atoms with Gasteiger partial charge in [-0.05, 0) is 53.1 Å². The molecule has 19 heavy (non-hydrogen) atoms. The molecule has 0 radical (unpaired) electrons. The topological polar surface area (TPSA) is 29.1 Å². The van der Waals surface area contributed by atoms with Crippen molar-refractivity contribution in [2.24, 2.45) is 5.92 Å². The van der Waals surface area contributed by atoms with Crippen LogP contribution in [0, 0.1) is 9.49 Å². The second kappa shape index (κ2) is 9.34. The molecule has 2 nitrogen and oxygen atoms in total. The molecule has 0 aliphatic rings. The van der Waals surface area contributed by atoms with Crippen molar-refractivity contribution in [2.75, 3.05) is 6.54 Å². The highest BCUT2D eigenvalue weighted by Crippen LogP contribution is 2.10. The van der Waals surface area contributed by atoms with Crippen molar-refractivity contribution in [3.05, 3.63) is 33.4 Å². The summed E-state index contributed by atoms with van der Waals surface area (Å²) in [5.74, 6) is 0.848. The highest BCUT2D eigenvalue weighted by molar-refractivity contribution is 14.1. The molecule has 3 heteroatoms. The minimum atomic E-state index is 0.0423. The third-order valence-electron chi connectivity index (χ3n) is 3.08. The summed E-state index contributed by atoms with van der Waals surface area (Å²) in [5, 5.41) is 2.98. The van der Waals surface area contributed by atoms with Crippen LogP contribution in [0.5, 0.6) is 0 Å². The molecular weight excluding hydrogens is 349 g/mol. The van der Waals surface area contributed by atoms with Gasteiger partial charge in [-0.2, -0.15) is 0 Å². The smallest absolute Gasteiger partial charge is 0.251 e. The Balaban J connectivity index is 2.11. The van der Waals surface area contributed by atoms with Crippen LogP contribution in [0.3, 0.4) is 0 Å². The monoisotopic (exact) mass is 373 g/mol. The van der Waals surface area contributed by atoms with Crippen molar-refractivity contribution in [3.63, 3.8) is 0 Å². The molecule has 0 fully saturated rings. The van der Waals surface area contributed by atoms with Crippen LogP contribution in [0.25, 0.3) is 0 Å². The normalized spacial score (nSPS) is 10.7. The highest BCUT2D eigenvalue weighted by atomic mass is 127. The minimum Gasteiger partial charge on any atom is -0.352 e. The van der Waals surface area contributed by atoms with Gasteiger partial charge in [0, 0.05) is 15.7 Å². The standard InChI is InChI=1S/C16H24INO/c1-13(2)8-5-3-4-6-11-18-16(19)14-9-7-10-15(17)12-14/h7,9-10,12-13H,3-6,8,11H2,1-2H3,(H,18,19). The maximum Gasteiger partial charge on any atom is 0.251 e. The predicted molar refractivity (Wildman–Crippen MR) is 89.4 cm³/mol. The summed E-state index contributed by atoms with van der Waals surface area (Å²) < 4.78 is 1.10. The average Bonchev–Trinajstić information content (AvgIpc) is 2.37.